The summed E-state index contributed by atoms with van der Waals surface area (Å²) in [6.07, 6.45) is 3.47. The van der Waals surface area contributed by atoms with Gasteiger partial charge in [0.1, 0.15) is 0 Å². The van der Waals surface area contributed by atoms with Gasteiger partial charge in [0, 0.05) is 38.4 Å². The number of amides is 2. The molecule has 2 saturated heterocycles. The molecule has 1 aromatic rings. The van der Waals surface area contributed by atoms with Crippen molar-refractivity contribution >= 4 is 11.8 Å². The number of aromatic nitrogens is 1. The lowest BCUT2D eigenvalue weighted by atomic mass is 9.90. The van der Waals surface area contributed by atoms with Crippen molar-refractivity contribution in [2.75, 3.05) is 39.9 Å². The van der Waals surface area contributed by atoms with Gasteiger partial charge in [-0.25, -0.2) is 4.98 Å². The van der Waals surface area contributed by atoms with Crippen LogP contribution in [0.15, 0.2) is 18.3 Å². The summed E-state index contributed by atoms with van der Waals surface area (Å²) >= 11 is 0. The Kier molecular flexibility index (Phi) is 5.99. The van der Waals surface area contributed by atoms with Crippen LogP contribution in [0.2, 0.25) is 0 Å². The number of ether oxygens (including phenoxy) is 2. The fourth-order valence-corrected chi connectivity index (χ4v) is 3.83. The van der Waals surface area contributed by atoms with Crippen molar-refractivity contribution in [2.45, 2.75) is 38.7 Å². The van der Waals surface area contributed by atoms with Crippen LogP contribution in [0, 0.1) is 5.92 Å². The highest BCUT2D eigenvalue weighted by molar-refractivity contribution is 5.94. The highest BCUT2D eigenvalue weighted by Gasteiger charge is 2.41. The molecule has 0 N–H and O–H groups in total. The molecular weight excluding hydrogens is 346 g/mol. The third kappa shape index (κ3) is 4.58. The monoisotopic (exact) mass is 375 g/mol. The lowest BCUT2D eigenvalue weighted by molar-refractivity contribution is -0.132. The molecule has 2 aliphatic heterocycles. The van der Waals surface area contributed by atoms with Crippen molar-refractivity contribution in [3.63, 3.8) is 0 Å². The molecule has 0 bridgehead atoms. The van der Waals surface area contributed by atoms with Crippen molar-refractivity contribution in [3.8, 4) is 5.88 Å². The Balaban J connectivity index is 1.64. The van der Waals surface area contributed by atoms with Gasteiger partial charge in [-0.05, 0) is 24.8 Å². The smallest absolute Gasteiger partial charge is 0.255 e. The first kappa shape index (κ1) is 19.6. The molecule has 1 spiro atoms. The summed E-state index contributed by atoms with van der Waals surface area (Å²) in [6.45, 7) is 7.32. The van der Waals surface area contributed by atoms with Crippen molar-refractivity contribution in [3.05, 3.63) is 23.9 Å². The number of rotatable bonds is 4. The standard InChI is InChI=1S/C20H29N3O4/c1-15(2)13-23-14-20(27-11-6-18(23)24)7-9-22(10-8-20)19(25)16-4-5-17(26-3)21-12-16/h4-5,12,15H,6-11,13-14H2,1-3H3. The Labute approximate surface area is 160 Å². The number of carbonyl (C=O) groups is 2. The number of pyridine rings is 1. The Bertz CT molecular complexity index is 666. The molecule has 3 rings (SSSR count). The van der Waals surface area contributed by atoms with E-state index in [1.807, 2.05) is 9.80 Å². The molecular formula is C20H29N3O4. The van der Waals surface area contributed by atoms with Gasteiger partial charge in [0.15, 0.2) is 0 Å². The predicted molar refractivity (Wildman–Crippen MR) is 101 cm³/mol. The third-order valence-corrected chi connectivity index (χ3v) is 5.30. The number of likely N-dealkylation sites (tertiary alicyclic amines) is 1. The summed E-state index contributed by atoms with van der Waals surface area (Å²) in [4.78, 5) is 33.0. The van der Waals surface area contributed by atoms with Crippen LogP contribution in [0.5, 0.6) is 5.88 Å². The molecule has 7 heteroatoms. The molecule has 2 aliphatic rings. The maximum Gasteiger partial charge on any atom is 0.255 e. The summed E-state index contributed by atoms with van der Waals surface area (Å²) in [5.74, 6) is 1.06. The van der Waals surface area contributed by atoms with Crippen LogP contribution in [0.4, 0.5) is 0 Å². The minimum Gasteiger partial charge on any atom is -0.481 e. The highest BCUT2D eigenvalue weighted by Crippen LogP contribution is 2.31. The van der Waals surface area contributed by atoms with Crippen LogP contribution in [0.25, 0.3) is 0 Å². The van der Waals surface area contributed by atoms with E-state index in [1.54, 1.807) is 25.4 Å². The van der Waals surface area contributed by atoms with E-state index in [0.29, 0.717) is 50.0 Å². The maximum absolute atomic E-state index is 12.7. The molecule has 0 atom stereocenters. The van der Waals surface area contributed by atoms with Gasteiger partial charge in [0.2, 0.25) is 11.8 Å². The van der Waals surface area contributed by atoms with Gasteiger partial charge >= 0.3 is 0 Å². The topological polar surface area (TPSA) is 72.0 Å². The summed E-state index contributed by atoms with van der Waals surface area (Å²) in [5.41, 5.74) is 0.223. The van der Waals surface area contributed by atoms with Gasteiger partial charge in [0.05, 0.1) is 31.3 Å². The van der Waals surface area contributed by atoms with E-state index < -0.39 is 0 Å². The summed E-state index contributed by atoms with van der Waals surface area (Å²) in [6, 6.07) is 3.44. The Morgan fingerprint density at radius 1 is 1.33 bits per heavy atom. The van der Waals surface area contributed by atoms with Crippen LogP contribution >= 0.6 is 0 Å². The number of hydrogen-bond donors (Lipinski definition) is 0. The lowest BCUT2D eigenvalue weighted by Gasteiger charge is -2.42. The molecule has 27 heavy (non-hydrogen) atoms. The van der Waals surface area contributed by atoms with E-state index in [4.69, 9.17) is 9.47 Å². The zero-order valence-corrected chi connectivity index (χ0v) is 16.4. The molecule has 3 heterocycles. The van der Waals surface area contributed by atoms with Gasteiger partial charge in [-0.15, -0.1) is 0 Å². The third-order valence-electron chi connectivity index (χ3n) is 5.30. The highest BCUT2D eigenvalue weighted by atomic mass is 16.5. The van der Waals surface area contributed by atoms with Crippen molar-refractivity contribution in [1.29, 1.82) is 0 Å². The first-order valence-corrected chi connectivity index (χ1v) is 9.63. The largest absolute Gasteiger partial charge is 0.481 e. The van der Waals surface area contributed by atoms with Crippen molar-refractivity contribution in [1.82, 2.24) is 14.8 Å². The summed E-state index contributed by atoms with van der Waals surface area (Å²) in [5, 5.41) is 0. The number of piperidine rings is 1. The zero-order valence-electron chi connectivity index (χ0n) is 16.4. The van der Waals surface area contributed by atoms with E-state index in [1.165, 1.54) is 0 Å². The minimum atomic E-state index is -0.337. The first-order chi connectivity index (χ1) is 12.9. The quantitative estimate of drug-likeness (QED) is 0.805. The van der Waals surface area contributed by atoms with Crippen LogP contribution in [0.3, 0.4) is 0 Å². The molecule has 7 nitrogen and oxygen atoms in total. The number of methoxy groups -OCH3 is 1. The lowest BCUT2D eigenvalue weighted by Crippen LogP contribution is -2.53. The van der Waals surface area contributed by atoms with E-state index in [9.17, 15) is 9.59 Å². The maximum atomic E-state index is 12.7. The van der Waals surface area contributed by atoms with E-state index in [-0.39, 0.29) is 17.4 Å². The average molecular weight is 375 g/mol. The number of carbonyl (C=O) groups excluding carboxylic acids is 2. The minimum absolute atomic E-state index is 0.0243. The second-order valence-electron chi connectivity index (χ2n) is 7.83. The summed E-state index contributed by atoms with van der Waals surface area (Å²) in [7, 11) is 1.55. The SMILES string of the molecule is COc1ccc(C(=O)N2CCC3(CC2)CN(CC(C)C)C(=O)CCO3)cn1. The van der Waals surface area contributed by atoms with Gasteiger partial charge in [-0.2, -0.15) is 0 Å². The van der Waals surface area contributed by atoms with Crippen LogP contribution < -0.4 is 4.74 Å². The van der Waals surface area contributed by atoms with Crippen molar-refractivity contribution in [2.24, 2.45) is 5.92 Å². The van der Waals surface area contributed by atoms with Gasteiger partial charge in [-0.3, -0.25) is 9.59 Å². The van der Waals surface area contributed by atoms with Gasteiger partial charge in [-0.1, -0.05) is 13.8 Å². The Morgan fingerprint density at radius 3 is 2.67 bits per heavy atom. The zero-order chi connectivity index (χ0) is 19.4. The summed E-state index contributed by atoms with van der Waals surface area (Å²) < 4.78 is 11.2. The first-order valence-electron chi connectivity index (χ1n) is 9.63. The molecule has 0 radical (unpaired) electrons. The molecule has 0 unspecified atom stereocenters. The predicted octanol–water partition coefficient (Wildman–Crippen LogP) is 1.97. The normalized spacial score (nSPS) is 20.1. The van der Waals surface area contributed by atoms with Crippen LogP contribution in [0.1, 0.15) is 43.5 Å². The fraction of sp³-hybridized carbons (Fsp3) is 0.650. The average Bonchev–Trinajstić information content (AvgIpc) is 2.81. The van der Waals surface area contributed by atoms with E-state index in [2.05, 4.69) is 18.8 Å². The second-order valence-corrected chi connectivity index (χ2v) is 7.83. The molecule has 2 amide bonds. The number of hydrogen-bond acceptors (Lipinski definition) is 5. The van der Waals surface area contributed by atoms with Crippen LogP contribution in [-0.2, 0) is 9.53 Å². The number of nitrogens with zero attached hydrogens (tertiary/aromatic N) is 3. The van der Waals surface area contributed by atoms with Crippen LogP contribution in [-0.4, -0.2) is 72.1 Å². The molecule has 0 aromatic carbocycles. The van der Waals surface area contributed by atoms with Crippen molar-refractivity contribution < 1.29 is 19.1 Å². The second kappa shape index (κ2) is 8.25. The Morgan fingerprint density at radius 2 is 2.07 bits per heavy atom. The Hall–Kier alpha value is -2.15. The molecule has 1 aromatic heterocycles. The molecule has 148 valence electrons. The molecule has 2 fully saturated rings. The fourth-order valence-electron chi connectivity index (χ4n) is 3.83. The van der Waals surface area contributed by atoms with E-state index >= 15 is 0 Å². The van der Waals surface area contributed by atoms with Gasteiger partial charge in [0.25, 0.3) is 5.91 Å². The molecule has 0 aliphatic carbocycles. The van der Waals surface area contributed by atoms with E-state index in [0.717, 1.165) is 19.4 Å². The molecule has 0 saturated carbocycles. The van der Waals surface area contributed by atoms with Gasteiger partial charge < -0.3 is 19.3 Å².